The minimum absolute atomic E-state index is 0.419. The van der Waals surface area contributed by atoms with Crippen LogP contribution >= 0.6 is 0 Å². The Morgan fingerprint density at radius 1 is 1.21 bits per heavy atom. The van der Waals surface area contributed by atoms with Crippen LogP contribution in [0.4, 0.5) is 0 Å². The Morgan fingerprint density at radius 3 is 2.54 bits per heavy atom. The van der Waals surface area contributed by atoms with Gasteiger partial charge < -0.3 is 24.3 Å². The Balaban J connectivity index is 2.00. The predicted octanol–water partition coefficient (Wildman–Crippen LogP) is 3.30. The molecule has 0 aliphatic carbocycles. The molecular formula is C19H27NO4. The van der Waals surface area contributed by atoms with Gasteiger partial charge in [-0.05, 0) is 51.5 Å². The van der Waals surface area contributed by atoms with E-state index in [0.717, 1.165) is 34.1 Å². The van der Waals surface area contributed by atoms with E-state index in [4.69, 9.17) is 13.9 Å². The number of methoxy groups -OCH3 is 1. The first-order chi connectivity index (χ1) is 11.4. The zero-order valence-corrected chi connectivity index (χ0v) is 15.1. The number of hydrogen-bond acceptors (Lipinski definition) is 5. The van der Waals surface area contributed by atoms with Crippen molar-refractivity contribution in [2.24, 2.45) is 0 Å². The first-order valence-electron chi connectivity index (χ1n) is 8.17. The fourth-order valence-electron chi connectivity index (χ4n) is 2.81. The molecule has 2 N–H and O–H groups in total. The van der Waals surface area contributed by atoms with Gasteiger partial charge >= 0.3 is 0 Å². The van der Waals surface area contributed by atoms with Crippen LogP contribution in [0, 0.1) is 13.8 Å². The lowest BCUT2D eigenvalue weighted by Gasteiger charge is -2.23. The molecule has 0 aliphatic heterocycles. The van der Waals surface area contributed by atoms with Gasteiger partial charge in [0.05, 0.1) is 13.7 Å². The van der Waals surface area contributed by atoms with E-state index in [1.54, 1.807) is 14.0 Å². The monoisotopic (exact) mass is 333 g/mol. The lowest BCUT2D eigenvalue weighted by atomic mass is 9.96. The van der Waals surface area contributed by atoms with Gasteiger partial charge in [-0.1, -0.05) is 6.07 Å². The fourth-order valence-corrected chi connectivity index (χ4v) is 2.81. The molecule has 0 aliphatic rings. The molecule has 5 nitrogen and oxygen atoms in total. The molecule has 0 bridgehead atoms. The van der Waals surface area contributed by atoms with Crippen LogP contribution in [-0.2, 0) is 12.1 Å². The molecule has 1 aromatic carbocycles. The number of ether oxygens (including phenoxy) is 2. The largest absolute Gasteiger partial charge is 0.493 e. The molecule has 2 rings (SSSR count). The molecule has 0 radical (unpaired) electrons. The molecule has 1 aromatic heterocycles. The van der Waals surface area contributed by atoms with Crippen molar-refractivity contribution in [3.63, 3.8) is 0 Å². The van der Waals surface area contributed by atoms with E-state index >= 15 is 0 Å². The molecule has 1 atom stereocenters. The first-order valence-corrected chi connectivity index (χ1v) is 8.17. The number of nitrogens with one attached hydrogen (secondary N) is 1. The summed E-state index contributed by atoms with van der Waals surface area (Å²) in [6.45, 7) is 9.11. The zero-order valence-electron chi connectivity index (χ0n) is 15.1. The van der Waals surface area contributed by atoms with Crippen molar-refractivity contribution >= 4 is 0 Å². The van der Waals surface area contributed by atoms with Gasteiger partial charge in [0.15, 0.2) is 11.5 Å². The van der Waals surface area contributed by atoms with E-state index in [1.807, 2.05) is 45.0 Å². The molecule has 0 fully saturated rings. The second-order valence-electron chi connectivity index (χ2n) is 6.12. The van der Waals surface area contributed by atoms with Crippen LogP contribution in [0.5, 0.6) is 11.5 Å². The van der Waals surface area contributed by atoms with Gasteiger partial charge in [-0.25, -0.2) is 0 Å². The minimum atomic E-state index is -0.989. The Morgan fingerprint density at radius 2 is 1.96 bits per heavy atom. The highest BCUT2D eigenvalue weighted by Crippen LogP contribution is 2.29. The maximum Gasteiger partial charge on any atom is 0.161 e. The van der Waals surface area contributed by atoms with Gasteiger partial charge in [-0.3, -0.25) is 0 Å². The highest BCUT2D eigenvalue weighted by Gasteiger charge is 2.27. The van der Waals surface area contributed by atoms with Crippen molar-refractivity contribution in [3.05, 3.63) is 46.9 Å². The van der Waals surface area contributed by atoms with Crippen molar-refractivity contribution in [1.29, 1.82) is 0 Å². The molecule has 1 unspecified atom stereocenters. The van der Waals surface area contributed by atoms with Crippen LogP contribution in [0.2, 0.25) is 0 Å². The molecule has 0 saturated carbocycles. The normalized spacial score (nSPS) is 13.6. The Hall–Kier alpha value is -1.98. The highest BCUT2D eigenvalue weighted by atomic mass is 16.5. The van der Waals surface area contributed by atoms with Gasteiger partial charge in [0, 0.05) is 18.7 Å². The third-order valence-electron chi connectivity index (χ3n) is 3.95. The lowest BCUT2D eigenvalue weighted by Crippen LogP contribution is -2.35. The summed E-state index contributed by atoms with van der Waals surface area (Å²) < 4.78 is 16.4. The molecule has 0 saturated heterocycles. The van der Waals surface area contributed by atoms with Gasteiger partial charge in [-0.2, -0.15) is 0 Å². The fraction of sp³-hybridized carbons (Fsp3) is 0.474. The number of furan rings is 1. The van der Waals surface area contributed by atoms with Gasteiger partial charge in [0.1, 0.15) is 17.1 Å². The summed E-state index contributed by atoms with van der Waals surface area (Å²) >= 11 is 0. The summed E-state index contributed by atoms with van der Waals surface area (Å²) in [4.78, 5) is 0. The Kier molecular flexibility index (Phi) is 5.91. The van der Waals surface area contributed by atoms with E-state index in [0.29, 0.717) is 19.7 Å². The van der Waals surface area contributed by atoms with Crippen LogP contribution in [0.25, 0.3) is 0 Å². The van der Waals surface area contributed by atoms with E-state index in [1.165, 1.54) is 0 Å². The number of benzene rings is 1. The third-order valence-corrected chi connectivity index (χ3v) is 3.95. The quantitative estimate of drug-likeness (QED) is 0.776. The summed E-state index contributed by atoms with van der Waals surface area (Å²) in [5, 5.41) is 14.0. The molecular weight excluding hydrogens is 306 g/mol. The van der Waals surface area contributed by atoms with Crippen LogP contribution in [0.1, 0.15) is 36.5 Å². The topological polar surface area (TPSA) is 63.9 Å². The second-order valence-corrected chi connectivity index (χ2v) is 6.12. The molecule has 24 heavy (non-hydrogen) atoms. The second kappa shape index (κ2) is 7.73. The van der Waals surface area contributed by atoms with Crippen LogP contribution in [0.15, 0.2) is 28.7 Å². The van der Waals surface area contributed by atoms with Crippen molar-refractivity contribution in [3.8, 4) is 11.5 Å². The maximum absolute atomic E-state index is 10.7. The number of rotatable bonds is 8. The van der Waals surface area contributed by atoms with Crippen molar-refractivity contribution in [2.75, 3.05) is 20.3 Å². The smallest absolute Gasteiger partial charge is 0.161 e. The van der Waals surface area contributed by atoms with E-state index in [2.05, 4.69) is 5.32 Å². The van der Waals surface area contributed by atoms with Gasteiger partial charge in [0.2, 0.25) is 0 Å². The van der Waals surface area contributed by atoms with Crippen LogP contribution < -0.4 is 14.8 Å². The summed E-state index contributed by atoms with van der Waals surface area (Å²) in [5.41, 5.74) is 0.893. The first kappa shape index (κ1) is 18.4. The van der Waals surface area contributed by atoms with Gasteiger partial charge in [0.25, 0.3) is 0 Å². The Bertz CT molecular complexity index is 676. The summed E-state index contributed by atoms with van der Waals surface area (Å²) in [6, 6.07) is 7.72. The minimum Gasteiger partial charge on any atom is -0.493 e. The molecule has 0 spiro atoms. The summed E-state index contributed by atoms with van der Waals surface area (Å²) in [6.07, 6.45) is 0. The number of aliphatic hydroxyl groups is 1. The van der Waals surface area contributed by atoms with Crippen LogP contribution in [-0.4, -0.2) is 25.4 Å². The lowest BCUT2D eigenvalue weighted by molar-refractivity contribution is 0.0552. The third kappa shape index (κ3) is 4.30. The number of hydrogen-bond donors (Lipinski definition) is 2. The zero-order chi connectivity index (χ0) is 17.7. The summed E-state index contributed by atoms with van der Waals surface area (Å²) in [7, 11) is 1.63. The van der Waals surface area contributed by atoms with E-state index in [-0.39, 0.29) is 0 Å². The standard InChI is InChI=1S/C19H27NO4/c1-6-23-18-10-15(7-8-17(18)22-5)11-20-12-19(4,21)16-9-13(2)24-14(16)3/h7-10,20-21H,6,11-12H2,1-5H3. The average Bonchev–Trinajstić information content (AvgIpc) is 2.87. The molecule has 132 valence electrons. The molecule has 0 amide bonds. The highest BCUT2D eigenvalue weighted by molar-refractivity contribution is 5.43. The van der Waals surface area contributed by atoms with E-state index < -0.39 is 5.60 Å². The molecule has 1 heterocycles. The van der Waals surface area contributed by atoms with Crippen molar-refractivity contribution in [1.82, 2.24) is 5.32 Å². The summed E-state index contributed by atoms with van der Waals surface area (Å²) in [5.74, 6) is 3.01. The van der Waals surface area contributed by atoms with Gasteiger partial charge in [-0.15, -0.1) is 0 Å². The molecule has 2 aromatic rings. The SMILES string of the molecule is CCOc1cc(CNCC(C)(O)c2cc(C)oc2C)ccc1OC. The number of aryl methyl sites for hydroxylation is 2. The maximum atomic E-state index is 10.7. The van der Waals surface area contributed by atoms with E-state index in [9.17, 15) is 5.11 Å². The van der Waals surface area contributed by atoms with Crippen molar-refractivity contribution in [2.45, 2.75) is 39.8 Å². The van der Waals surface area contributed by atoms with Crippen LogP contribution in [0.3, 0.4) is 0 Å². The molecule has 5 heteroatoms. The predicted molar refractivity (Wildman–Crippen MR) is 93.6 cm³/mol. The van der Waals surface area contributed by atoms with Crippen molar-refractivity contribution < 1.29 is 19.0 Å². The average molecular weight is 333 g/mol. The Labute approximate surface area is 143 Å².